The zero-order chi connectivity index (χ0) is 27.8. The van der Waals surface area contributed by atoms with Gasteiger partial charge in [0, 0.05) is 24.8 Å². The van der Waals surface area contributed by atoms with E-state index in [4.69, 9.17) is 9.47 Å². The maximum atomic E-state index is 12.9. The van der Waals surface area contributed by atoms with Gasteiger partial charge in [-0.15, -0.1) is 10.2 Å². The van der Waals surface area contributed by atoms with Crippen LogP contribution in [0.3, 0.4) is 0 Å². The summed E-state index contributed by atoms with van der Waals surface area (Å²) in [4.78, 5) is 31.4. The number of H-pyrrole nitrogens is 1. The van der Waals surface area contributed by atoms with E-state index in [-0.39, 0.29) is 0 Å². The van der Waals surface area contributed by atoms with Crippen molar-refractivity contribution < 1.29 is 19.1 Å². The van der Waals surface area contributed by atoms with Crippen molar-refractivity contribution in [1.82, 2.24) is 25.6 Å². The number of pyridine rings is 1. The van der Waals surface area contributed by atoms with Gasteiger partial charge in [-0.3, -0.25) is 4.79 Å². The van der Waals surface area contributed by atoms with E-state index >= 15 is 0 Å². The largest absolute Gasteiger partial charge is 0.427 e. The van der Waals surface area contributed by atoms with Crippen molar-refractivity contribution in [1.29, 1.82) is 0 Å². The highest BCUT2D eigenvalue weighted by molar-refractivity contribution is 5.94. The molecule has 2 aromatic heterocycles. The molecular weight excluding hydrogens is 496 g/mol. The number of aromatic nitrogens is 5. The van der Waals surface area contributed by atoms with Crippen LogP contribution in [0.15, 0.2) is 66.9 Å². The van der Waals surface area contributed by atoms with Gasteiger partial charge >= 0.3 is 11.9 Å². The van der Waals surface area contributed by atoms with Gasteiger partial charge in [-0.05, 0) is 61.2 Å². The van der Waals surface area contributed by atoms with Gasteiger partial charge in [-0.2, -0.15) is 5.21 Å². The highest BCUT2D eigenvalue weighted by Gasteiger charge is 2.24. The smallest absolute Gasteiger partial charge is 0.344 e. The van der Waals surface area contributed by atoms with E-state index in [1.807, 2.05) is 29.2 Å². The molecule has 0 spiro atoms. The molecule has 10 heteroatoms. The third-order valence-electron chi connectivity index (χ3n) is 5.94. The lowest BCUT2D eigenvalue weighted by Gasteiger charge is -2.25. The average Bonchev–Trinajstić information content (AvgIpc) is 3.48. The number of benzene rings is 2. The van der Waals surface area contributed by atoms with Crippen molar-refractivity contribution in [2.45, 2.75) is 40.7 Å². The predicted molar refractivity (Wildman–Crippen MR) is 146 cm³/mol. The number of carbonyl (C=O) groups excluding carboxylic acids is 2. The van der Waals surface area contributed by atoms with E-state index in [0.29, 0.717) is 30.3 Å². The molecule has 0 aliphatic carbocycles. The first kappa shape index (κ1) is 27.4. The molecule has 0 aliphatic heterocycles. The number of tetrazole rings is 1. The SMILES string of the molecule is CCCN(Cc1ccc(-c2ccccc2-c2nn[nH]n2)cc1)c1ncccc1C(=O)OCOC(=O)C(C)(C)C. The quantitative estimate of drug-likeness (QED) is 0.222. The van der Waals surface area contributed by atoms with Crippen LogP contribution in [0, 0.1) is 5.41 Å². The molecule has 0 saturated heterocycles. The van der Waals surface area contributed by atoms with Gasteiger partial charge in [-0.1, -0.05) is 55.5 Å². The first-order valence-corrected chi connectivity index (χ1v) is 12.7. The van der Waals surface area contributed by atoms with Crippen LogP contribution in [0.2, 0.25) is 0 Å². The number of rotatable bonds is 10. The first-order valence-electron chi connectivity index (χ1n) is 12.7. The Kier molecular flexibility index (Phi) is 8.65. The Bertz CT molecular complexity index is 1400. The Morgan fingerprint density at radius 1 is 0.949 bits per heavy atom. The minimum Gasteiger partial charge on any atom is -0.427 e. The topological polar surface area (TPSA) is 123 Å². The van der Waals surface area contributed by atoms with E-state index in [2.05, 4.69) is 56.8 Å². The molecule has 202 valence electrons. The fourth-order valence-electron chi connectivity index (χ4n) is 3.98. The van der Waals surface area contributed by atoms with Gasteiger partial charge in [0.15, 0.2) is 0 Å². The van der Waals surface area contributed by atoms with E-state index < -0.39 is 24.1 Å². The molecule has 0 atom stereocenters. The lowest BCUT2D eigenvalue weighted by molar-refractivity contribution is -0.161. The zero-order valence-electron chi connectivity index (χ0n) is 22.5. The molecule has 4 aromatic rings. The molecule has 0 bridgehead atoms. The molecule has 4 rings (SSSR count). The third kappa shape index (κ3) is 6.84. The number of anilines is 1. The van der Waals surface area contributed by atoms with E-state index in [1.54, 1.807) is 39.1 Å². The number of carbonyl (C=O) groups is 2. The van der Waals surface area contributed by atoms with E-state index in [9.17, 15) is 9.59 Å². The summed E-state index contributed by atoms with van der Waals surface area (Å²) in [6.45, 7) is 8.03. The van der Waals surface area contributed by atoms with Crippen LogP contribution >= 0.6 is 0 Å². The van der Waals surface area contributed by atoms with Crippen LogP contribution < -0.4 is 4.90 Å². The van der Waals surface area contributed by atoms with Gasteiger partial charge in [0.25, 0.3) is 0 Å². The fourth-order valence-corrected chi connectivity index (χ4v) is 3.98. The van der Waals surface area contributed by atoms with Crippen LogP contribution in [0.25, 0.3) is 22.5 Å². The van der Waals surface area contributed by atoms with Gasteiger partial charge in [0.1, 0.15) is 11.4 Å². The molecule has 0 aliphatic rings. The van der Waals surface area contributed by atoms with Crippen molar-refractivity contribution in [3.63, 3.8) is 0 Å². The summed E-state index contributed by atoms with van der Waals surface area (Å²) in [6, 6.07) is 19.5. The van der Waals surface area contributed by atoms with Crippen LogP contribution in [-0.2, 0) is 20.8 Å². The number of ether oxygens (including phenoxy) is 2. The van der Waals surface area contributed by atoms with Gasteiger partial charge in [0.2, 0.25) is 12.6 Å². The molecule has 0 unspecified atom stereocenters. The van der Waals surface area contributed by atoms with Crippen molar-refractivity contribution in [3.8, 4) is 22.5 Å². The molecule has 39 heavy (non-hydrogen) atoms. The Morgan fingerprint density at radius 3 is 2.36 bits per heavy atom. The maximum Gasteiger partial charge on any atom is 0.344 e. The minimum absolute atomic E-state index is 0.309. The highest BCUT2D eigenvalue weighted by atomic mass is 16.7. The van der Waals surface area contributed by atoms with Crippen molar-refractivity contribution >= 4 is 17.8 Å². The second-order valence-corrected chi connectivity index (χ2v) is 10.0. The maximum absolute atomic E-state index is 12.9. The molecule has 0 fully saturated rings. The number of hydrogen-bond acceptors (Lipinski definition) is 9. The fraction of sp³-hybridized carbons (Fsp3) is 0.310. The number of hydrogen-bond donors (Lipinski definition) is 1. The van der Waals surface area contributed by atoms with E-state index in [1.165, 1.54) is 0 Å². The summed E-state index contributed by atoms with van der Waals surface area (Å²) in [7, 11) is 0. The van der Waals surface area contributed by atoms with Gasteiger partial charge in [-0.25, -0.2) is 9.78 Å². The third-order valence-corrected chi connectivity index (χ3v) is 5.94. The van der Waals surface area contributed by atoms with Crippen LogP contribution in [0.1, 0.15) is 50.0 Å². The molecule has 0 amide bonds. The molecular formula is C29H32N6O4. The number of nitrogens with one attached hydrogen (secondary N) is 1. The molecule has 0 saturated carbocycles. The Balaban J connectivity index is 1.51. The van der Waals surface area contributed by atoms with Crippen molar-refractivity contribution in [2.24, 2.45) is 5.41 Å². The summed E-state index contributed by atoms with van der Waals surface area (Å²) in [5, 5.41) is 14.4. The summed E-state index contributed by atoms with van der Waals surface area (Å²) in [6.07, 6.45) is 2.50. The van der Waals surface area contributed by atoms with E-state index in [0.717, 1.165) is 28.7 Å². The standard InChI is InChI=1S/C29H32N6O4/c1-5-17-35(26-24(11-8-16-30-26)27(36)38-19-39-28(37)29(2,3)4)18-20-12-14-21(15-13-20)22-9-6-7-10-23(22)25-31-33-34-32-25/h6-16H,5,17-19H2,1-4H3,(H,31,32,33,34). The summed E-state index contributed by atoms with van der Waals surface area (Å²) in [5.41, 5.74) is 3.58. The normalized spacial score (nSPS) is 11.2. The van der Waals surface area contributed by atoms with Crippen LogP contribution in [0.4, 0.5) is 5.82 Å². The molecule has 1 N–H and O–H groups in total. The van der Waals surface area contributed by atoms with Crippen molar-refractivity contribution in [3.05, 3.63) is 78.0 Å². The summed E-state index contributed by atoms with van der Waals surface area (Å²) in [5.74, 6) is -0.00317. The number of aromatic amines is 1. The number of nitrogens with zero attached hydrogens (tertiary/aromatic N) is 5. The predicted octanol–water partition coefficient (Wildman–Crippen LogP) is 5.05. The second-order valence-electron chi connectivity index (χ2n) is 10.0. The van der Waals surface area contributed by atoms with Gasteiger partial charge in [0.05, 0.1) is 5.41 Å². The monoisotopic (exact) mass is 528 g/mol. The minimum atomic E-state index is -0.686. The van der Waals surface area contributed by atoms with Gasteiger partial charge < -0.3 is 14.4 Å². The Hall–Kier alpha value is -4.60. The zero-order valence-corrected chi connectivity index (χ0v) is 22.5. The summed E-state index contributed by atoms with van der Waals surface area (Å²) < 4.78 is 10.3. The first-order chi connectivity index (χ1) is 18.8. The Labute approximate surface area is 227 Å². The molecule has 2 aromatic carbocycles. The van der Waals surface area contributed by atoms with Crippen LogP contribution in [-0.4, -0.2) is 50.9 Å². The molecule has 10 nitrogen and oxygen atoms in total. The lowest BCUT2D eigenvalue weighted by atomic mass is 9.98. The van der Waals surface area contributed by atoms with Crippen molar-refractivity contribution in [2.75, 3.05) is 18.2 Å². The molecule has 2 heterocycles. The highest BCUT2D eigenvalue weighted by Crippen LogP contribution is 2.30. The average molecular weight is 529 g/mol. The second kappa shape index (κ2) is 12.3. The lowest BCUT2D eigenvalue weighted by Crippen LogP contribution is -2.28. The molecule has 0 radical (unpaired) electrons. The number of esters is 2. The Morgan fingerprint density at radius 2 is 1.69 bits per heavy atom. The van der Waals surface area contributed by atoms with Crippen LogP contribution in [0.5, 0.6) is 0 Å². The summed E-state index contributed by atoms with van der Waals surface area (Å²) >= 11 is 0.